The second kappa shape index (κ2) is 5.39. The van der Waals surface area contributed by atoms with Crippen LogP contribution in [0.15, 0.2) is 10.7 Å². The minimum absolute atomic E-state index is 0.363. The first-order valence-corrected chi connectivity index (χ1v) is 6.54. The maximum absolute atomic E-state index is 10.7. The van der Waals surface area contributed by atoms with Crippen LogP contribution >= 0.6 is 11.8 Å². The molecule has 0 spiro atoms. The molecule has 5 heteroatoms. The van der Waals surface area contributed by atoms with E-state index in [2.05, 4.69) is 9.79 Å². The summed E-state index contributed by atoms with van der Waals surface area (Å²) in [7, 11) is 0. The molecule has 0 saturated heterocycles. The van der Waals surface area contributed by atoms with Crippen LogP contribution in [0.2, 0.25) is 0 Å². The van der Waals surface area contributed by atoms with Gasteiger partial charge in [-0.3, -0.25) is 0 Å². The van der Waals surface area contributed by atoms with E-state index < -0.39 is 0 Å². The van der Waals surface area contributed by atoms with E-state index in [0.717, 1.165) is 17.5 Å². The van der Waals surface area contributed by atoms with Crippen LogP contribution in [0, 0.1) is 0 Å². The van der Waals surface area contributed by atoms with Crippen molar-refractivity contribution >= 4 is 11.8 Å². The SMILES string of the molecule is [O-]c1c[n+](CCSC2CCCCC2)no1. The van der Waals surface area contributed by atoms with Gasteiger partial charge >= 0.3 is 0 Å². The van der Waals surface area contributed by atoms with Crippen LogP contribution in [0.25, 0.3) is 0 Å². The molecule has 15 heavy (non-hydrogen) atoms. The predicted octanol–water partition coefficient (Wildman–Crippen LogP) is 1.10. The van der Waals surface area contributed by atoms with E-state index in [-0.39, 0.29) is 5.95 Å². The summed E-state index contributed by atoms with van der Waals surface area (Å²) in [5.74, 6) is 0.652. The Kier molecular flexibility index (Phi) is 3.88. The largest absolute Gasteiger partial charge is 0.539 e. The van der Waals surface area contributed by atoms with Gasteiger partial charge in [0.25, 0.3) is 0 Å². The maximum Gasteiger partial charge on any atom is 0.221 e. The van der Waals surface area contributed by atoms with E-state index in [1.165, 1.54) is 38.3 Å². The van der Waals surface area contributed by atoms with E-state index in [9.17, 15) is 5.11 Å². The summed E-state index contributed by atoms with van der Waals surface area (Å²) in [5.41, 5.74) is 0. The fourth-order valence-electron chi connectivity index (χ4n) is 1.91. The first-order chi connectivity index (χ1) is 7.34. The molecule has 1 fully saturated rings. The van der Waals surface area contributed by atoms with Crippen molar-refractivity contribution in [2.45, 2.75) is 43.9 Å². The predicted molar refractivity (Wildman–Crippen MR) is 55.5 cm³/mol. The molecule has 0 atom stereocenters. The van der Waals surface area contributed by atoms with E-state index in [0.29, 0.717) is 0 Å². The van der Waals surface area contributed by atoms with Gasteiger partial charge in [-0.05, 0) is 12.8 Å². The molecule has 0 radical (unpaired) electrons. The zero-order valence-corrected chi connectivity index (χ0v) is 9.54. The maximum atomic E-state index is 10.7. The van der Waals surface area contributed by atoms with Crippen molar-refractivity contribution in [1.82, 2.24) is 5.27 Å². The zero-order valence-electron chi connectivity index (χ0n) is 8.72. The highest BCUT2D eigenvalue weighted by Gasteiger charge is 2.14. The van der Waals surface area contributed by atoms with E-state index in [1.54, 1.807) is 4.68 Å². The first-order valence-electron chi connectivity index (χ1n) is 5.49. The summed E-state index contributed by atoms with van der Waals surface area (Å²) >= 11 is 2.00. The summed E-state index contributed by atoms with van der Waals surface area (Å²) in [4.78, 5) is 0. The lowest BCUT2D eigenvalue weighted by Crippen LogP contribution is -2.36. The van der Waals surface area contributed by atoms with Gasteiger partial charge in [0.1, 0.15) is 5.95 Å². The van der Waals surface area contributed by atoms with Crippen molar-refractivity contribution in [2.75, 3.05) is 5.75 Å². The Hall–Kier alpha value is -0.710. The van der Waals surface area contributed by atoms with Gasteiger partial charge < -0.3 is 9.63 Å². The van der Waals surface area contributed by atoms with Gasteiger partial charge in [0.05, 0.1) is 11.0 Å². The fourth-order valence-corrected chi connectivity index (χ4v) is 3.20. The average molecular weight is 228 g/mol. The molecule has 0 N–H and O–H groups in total. The third-order valence-corrected chi connectivity index (χ3v) is 4.08. The highest BCUT2D eigenvalue weighted by atomic mass is 32.2. The molecule has 0 bridgehead atoms. The molecule has 1 aliphatic rings. The molecule has 1 heterocycles. The minimum atomic E-state index is -0.363. The van der Waals surface area contributed by atoms with Gasteiger partial charge in [0, 0.05) is 5.25 Å². The topological polar surface area (TPSA) is 53.0 Å². The Labute approximate surface area is 93.6 Å². The Morgan fingerprint density at radius 1 is 1.47 bits per heavy atom. The monoisotopic (exact) mass is 228 g/mol. The molecular weight excluding hydrogens is 212 g/mol. The van der Waals surface area contributed by atoms with Crippen LogP contribution in [0.4, 0.5) is 0 Å². The summed E-state index contributed by atoms with van der Waals surface area (Å²) < 4.78 is 6.04. The number of hydrogen-bond donors (Lipinski definition) is 0. The van der Waals surface area contributed by atoms with Gasteiger partial charge in [0.2, 0.25) is 6.20 Å². The molecule has 4 nitrogen and oxygen atoms in total. The third-order valence-electron chi connectivity index (χ3n) is 2.72. The third kappa shape index (κ3) is 3.41. The second-order valence-electron chi connectivity index (χ2n) is 3.91. The molecule has 1 aromatic rings. The second-order valence-corrected chi connectivity index (χ2v) is 5.32. The summed E-state index contributed by atoms with van der Waals surface area (Å²) in [6.45, 7) is 0.771. The fraction of sp³-hybridized carbons (Fsp3) is 0.800. The number of aromatic nitrogens is 2. The minimum Gasteiger partial charge on any atom is -0.539 e. The standard InChI is InChI=1S/C10H16N2O2S/c13-10-8-12(11-14-10)6-7-15-9-4-2-1-3-5-9/h8-9H,1-7H2. The van der Waals surface area contributed by atoms with Gasteiger partial charge in [-0.2, -0.15) is 11.8 Å². The molecule has 0 aromatic carbocycles. The van der Waals surface area contributed by atoms with Gasteiger partial charge in [-0.1, -0.05) is 23.9 Å². The molecule has 1 aromatic heterocycles. The molecule has 84 valence electrons. The van der Waals surface area contributed by atoms with Crippen LogP contribution < -0.4 is 9.79 Å². The Bertz CT molecular complexity index is 297. The van der Waals surface area contributed by atoms with Crippen LogP contribution in [0.5, 0.6) is 5.95 Å². The lowest BCUT2D eigenvalue weighted by molar-refractivity contribution is -0.758. The molecule has 0 unspecified atom stereocenters. The molecule has 0 amide bonds. The summed E-state index contributed by atoms with van der Waals surface area (Å²) in [5, 5.41) is 15.1. The van der Waals surface area contributed by atoms with Crippen molar-refractivity contribution in [3.63, 3.8) is 0 Å². The lowest BCUT2D eigenvalue weighted by atomic mass is 10.0. The Morgan fingerprint density at radius 3 is 2.93 bits per heavy atom. The quantitative estimate of drug-likeness (QED) is 0.724. The van der Waals surface area contributed by atoms with Crippen molar-refractivity contribution in [2.24, 2.45) is 0 Å². The number of nitrogens with zero attached hydrogens (tertiary/aromatic N) is 2. The van der Waals surface area contributed by atoms with Crippen LogP contribution in [0.3, 0.4) is 0 Å². The summed E-state index contributed by atoms with van der Waals surface area (Å²) in [6.07, 6.45) is 8.25. The number of hydrogen-bond acceptors (Lipinski definition) is 4. The van der Waals surface area contributed by atoms with Crippen LogP contribution in [0.1, 0.15) is 32.1 Å². The first kappa shape index (κ1) is 10.8. The van der Waals surface area contributed by atoms with Crippen molar-refractivity contribution in [3.8, 4) is 5.95 Å². The highest BCUT2D eigenvalue weighted by Crippen LogP contribution is 2.27. The smallest absolute Gasteiger partial charge is 0.221 e. The average Bonchev–Trinajstić information content (AvgIpc) is 2.66. The zero-order chi connectivity index (χ0) is 10.5. The Balaban J connectivity index is 1.65. The van der Waals surface area contributed by atoms with Crippen LogP contribution in [-0.2, 0) is 6.54 Å². The van der Waals surface area contributed by atoms with Gasteiger partial charge in [0.15, 0.2) is 6.54 Å². The van der Waals surface area contributed by atoms with Crippen molar-refractivity contribution in [1.29, 1.82) is 0 Å². The van der Waals surface area contributed by atoms with Crippen molar-refractivity contribution < 1.29 is 14.3 Å². The molecular formula is C10H16N2O2S. The number of thioether (sulfide) groups is 1. The van der Waals surface area contributed by atoms with E-state index in [1.807, 2.05) is 11.8 Å². The Morgan fingerprint density at radius 2 is 2.27 bits per heavy atom. The molecule has 1 aliphatic carbocycles. The van der Waals surface area contributed by atoms with Gasteiger partial charge in [-0.15, -0.1) is 0 Å². The van der Waals surface area contributed by atoms with Crippen molar-refractivity contribution in [3.05, 3.63) is 6.20 Å². The molecule has 1 saturated carbocycles. The van der Waals surface area contributed by atoms with Crippen LogP contribution in [-0.4, -0.2) is 16.3 Å². The van der Waals surface area contributed by atoms with E-state index >= 15 is 0 Å². The van der Waals surface area contributed by atoms with Gasteiger partial charge in [-0.25, -0.2) is 0 Å². The lowest BCUT2D eigenvalue weighted by Gasteiger charge is -2.19. The number of rotatable bonds is 4. The van der Waals surface area contributed by atoms with E-state index in [4.69, 9.17) is 0 Å². The summed E-state index contributed by atoms with van der Waals surface area (Å²) in [6, 6.07) is 0. The normalized spacial score (nSPS) is 18.1. The number of aryl methyl sites for hydroxylation is 1. The molecule has 2 rings (SSSR count). The molecule has 0 aliphatic heterocycles. The highest BCUT2D eigenvalue weighted by molar-refractivity contribution is 7.99.